The lowest BCUT2D eigenvalue weighted by Gasteiger charge is -2.24. The Balaban J connectivity index is 2.08. The van der Waals surface area contributed by atoms with E-state index in [1.165, 1.54) is 29.2 Å². The van der Waals surface area contributed by atoms with Crippen molar-refractivity contribution in [1.82, 2.24) is 5.32 Å². The first-order valence-electron chi connectivity index (χ1n) is 7.58. The third-order valence-electron chi connectivity index (χ3n) is 3.74. The van der Waals surface area contributed by atoms with Gasteiger partial charge >= 0.3 is 0 Å². The monoisotopic (exact) mass is 312 g/mol. The van der Waals surface area contributed by atoms with Crippen molar-refractivity contribution in [3.8, 4) is 0 Å². The van der Waals surface area contributed by atoms with E-state index >= 15 is 0 Å². The molecule has 0 bridgehead atoms. The molecular weight excluding hydrogens is 288 g/mol. The predicted octanol–water partition coefficient (Wildman–Crippen LogP) is 4.34. The van der Waals surface area contributed by atoms with E-state index in [9.17, 15) is 0 Å². The van der Waals surface area contributed by atoms with Gasteiger partial charge in [-0.1, -0.05) is 24.6 Å². The fraction of sp³-hybridized carbons (Fsp3) is 0.625. The summed E-state index contributed by atoms with van der Waals surface area (Å²) in [5, 5.41) is 4.40. The number of nitrogens with one attached hydrogen (secondary N) is 1. The highest BCUT2D eigenvalue weighted by molar-refractivity contribution is 7.99. The van der Waals surface area contributed by atoms with Crippen molar-refractivity contribution in [2.45, 2.75) is 32.7 Å². The molecule has 20 heavy (non-hydrogen) atoms. The number of thioether (sulfide) groups is 1. The zero-order valence-electron chi connectivity index (χ0n) is 12.5. The summed E-state index contributed by atoms with van der Waals surface area (Å²) in [5.41, 5.74) is 2.47. The van der Waals surface area contributed by atoms with Gasteiger partial charge in [0.2, 0.25) is 0 Å². The smallest absolute Gasteiger partial charge is 0.0642 e. The molecule has 2 rings (SSSR count). The second-order valence-electron chi connectivity index (χ2n) is 5.34. The van der Waals surface area contributed by atoms with Gasteiger partial charge in [-0.3, -0.25) is 0 Å². The SMILES string of the molecule is CCCNC(C)c1ccc(N2CCCSCC2)c(Cl)c1. The van der Waals surface area contributed by atoms with Crippen LogP contribution in [0.25, 0.3) is 0 Å². The highest BCUT2D eigenvalue weighted by Gasteiger charge is 2.14. The molecule has 1 aliphatic rings. The molecule has 1 heterocycles. The molecule has 1 aromatic rings. The predicted molar refractivity (Wildman–Crippen MR) is 92.3 cm³/mol. The molecule has 0 amide bonds. The molecule has 1 unspecified atom stereocenters. The van der Waals surface area contributed by atoms with Crippen LogP contribution >= 0.6 is 23.4 Å². The first-order valence-corrected chi connectivity index (χ1v) is 9.11. The van der Waals surface area contributed by atoms with Crippen molar-refractivity contribution >= 4 is 29.1 Å². The molecule has 0 aliphatic carbocycles. The number of hydrogen-bond donors (Lipinski definition) is 1. The zero-order valence-corrected chi connectivity index (χ0v) is 14.1. The second-order valence-corrected chi connectivity index (χ2v) is 6.97. The minimum atomic E-state index is 0.362. The topological polar surface area (TPSA) is 15.3 Å². The van der Waals surface area contributed by atoms with E-state index in [1.54, 1.807) is 0 Å². The highest BCUT2D eigenvalue weighted by Crippen LogP contribution is 2.30. The standard InChI is InChI=1S/C16H25ClN2S/c1-3-7-18-13(2)14-5-6-16(15(17)12-14)19-8-4-10-20-11-9-19/h5-6,12-13,18H,3-4,7-11H2,1-2H3. The summed E-state index contributed by atoms with van der Waals surface area (Å²) in [6.07, 6.45) is 2.40. The number of hydrogen-bond acceptors (Lipinski definition) is 3. The first kappa shape index (κ1) is 16.0. The number of halogens is 1. The summed E-state index contributed by atoms with van der Waals surface area (Å²) in [6, 6.07) is 6.90. The van der Waals surface area contributed by atoms with E-state index in [0.717, 1.165) is 31.1 Å². The van der Waals surface area contributed by atoms with Crippen molar-refractivity contribution in [1.29, 1.82) is 0 Å². The Hall–Kier alpha value is -0.380. The van der Waals surface area contributed by atoms with Crippen LogP contribution in [0.4, 0.5) is 5.69 Å². The number of benzene rings is 1. The Morgan fingerprint density at radius 1 is 1.35 bits per heavy atom. The Morgan fingerprint density at radius 2 is 2.20 bits per heavy atom. The van der Waals surface area contributed by atoms with Crippen molar-refractivity contribution in [3.05, 3.63) is 28.8 Å². The van der Waals surface area contributed by atoms with Gasteiger partial charge in [-0.15, -0.1) is 0 Å². The summed E-state index contributed by atoms with van der Waals surface area (Å²) >= 11 is 8.56. The number of anilines is 1. The summed E-state index contributed by atoms with van der Waals surface area (Å²) in [4.78, 5) is 2.43. The third-order valence-corrected chi connectivity index (χ3v) is 5.09. The molecule has 1 saturated heterocycles. The van der Waals surface area contributed by atoms with Crippen LogP contribution in [0.15, 0.2) is 18.2 Å². The van der Waals surface area contributed by atoms with Crippen LogP contribution in [0, 0.1) is 0 Å². The lowest BCUT2D eigenvalue weighted by molar-refractivity contribution is 0.570. The van der Waals surface area contributed by atoms with E-state index < -0.39 is 0 Å². The minimum Gasteiger partial charge on any atom is -0.369 e. The summed E-state index contributed by atoms with van der Waals surface area (Å²) in [5.74, 6) is 2.47. The molecule has 2 nitrogen and oxygen atoms in total. The Kier molecular flexibility index (Phi) is 6.53. The van der Waals surface area contributed by atoms with Crippen LogP contribution in [0.3, 0.4) is 0 Å². The van der Waals surface area contributed by atoms with E-state index in [0.29, 0.717) is 6.04 Å². The molecule has 0 aromatic heterocycles. The number of rotatable bonds is 5. The molecule has 1 aliphatic heterocycles. The molecule has 4 heteroatoms. The van der Waals surface area contributed by atoms with Crippen LogP contribution in [0.1, 0.15) is 38.3 Å². The van der Waals surface area contributed by atoms with Crippen molar-refractivity contribution in [2.75, 3.05) is 36.0 Å². The van der Waals surface area contributed by atoms with Gasteiger partial charge in [0.1, 0.15) is 0 Å². The molecule has 1 N–H and O–H groups in total. The zero-order chi connectivity index (χ0) is 14.4. The maximum atomic E-state index is 6.52. The molecule has 112 valence electrons. The van der Waals surface area contributed by atoms with Crippen LogP contribution in [0.5, 0.6) is 0 Å². The van der Waals surface area contributed by atoms with Gasteiger partial charge in [0, 0.05) is 24.9 Å². The quantitative estimate of drug-likeness (QED) is 0.870. The van der Waals surface area contributed by atoms with E-state index in [4.69, 9.17) is 11.6 Å². The summed E-state index contributed by atoms with van der Waals surface area (Å²) < 4.78 is 0. The molecular formula is C16H25ClN2S. The Morgan fingerprint density at radius 3 is 2.95 bits per heavy atom. The second kappa shape index (κ2) is 8.16. The highest BCUT2D eigenvalue weighted by atomic mass is 35.5. The first-order chi connectivity index (χ1) is 9.72. The molecule has 1 aromatic carbocycles. The van der Waals surface area contributed by atoms with Crippen LogP contribution in [-0.4, -0.2) is 31.1 Å². The molecule has 0 saturated carbocycles. The molecule has 1 atom stereocenters. The average molecular weight is 313 g/mol. The van der Waals surface area contributed by atoms with E-state index in [2.05, 4.69) is 42.3 Å². The normalized spacial score (nSPS) is 17.9. The fourth-order valence-corrected chi connectivity index (χ4v) is 3.71. The fourth-order valence-electron chi connectivity index (χ4n) is 2.51. The van der Waals surface area contributed by atoms with Gasteiger partial charge in [-0.25, -0.2) is 0 Å². The molecule has 0 spiro atoms. The van der Waals surface area contributed by atoms with Crippen LogP contribution < -0.4 is 10.2 Å². The minimum absolute atomic E-state index is 0.362. The van der Waals surface area contributed by atoms with Gasteiger partial charge in [-0.05, 0) is 49.8 Å². The third kappa shape index (κ3) is 4.31. The molecule has 0 radical (unpaired) electrons. The van der Waals surface area contributed by atoms with Crippen molar-refractivity contribution in [2.24, 2.45) is 0 Å². The van der Waals surface area contributed by atoms with Gasteiger partial charge in [0.15, 0.2) is 0 Å². The lowest BCUT2D eigenvalue weighted by atomic mass is 10.1. The maximum absolute atomic E-state index is 6.52. The van der Waals surface area contributed by atoms with Crippen molar-refractivity contribution < 1.29 is 0 Å². The van der Waals surface area contributed by atoms with E-state index in [-0.39, 0.29) is 0 Å². The van der Waals surface area contributed by atoms with Gasteiger partial charge in [-0.2, -0.15) is 11.8 Å². The van der Waals surface area contributed by atoms with Gasteiger partial charge in [0.25, 0.3) is 0 Å². The summed E-state index contributed by atoms with van der Waals surface area (Å²) in [6.45, 7) is 7.66. The van der Waals surface area contributed by atoms with Gasteiger partial charge in [0.05, 0.1) is 10.7 Å². The van der Waals surface area contributed by atoms with E-state index in [1.807, 2.05) is 11.8 Å². The average Bonchev–Trinajstić information content (AvgIpc) is 2.73. The summed E-state index contributed by atoms with van der Waals surface area (Å²) in [7, 11) is 0. The number of nitrogens with zero attached hydrogens (tertiary/aromatic N) is 1. The molecule has 1 fully saturated rings. The van der Waals surface area contributed by atoms with Crippen LogP contribution in [0.2, 0.25) is 5.02 Å². The maximum Gasteiger partial charge on any atom is 0.0642 e. The van der Waals surface area contributed by atoms with Gasteiger partial charge < -0.3 is 10.2 Å². The Bertz CT molecular complexity index is 417. The van der Waals surface area contributed by atoms with Crippen molar-refractivity contribution in [3.63, 3.8) is 0 Å². The largest absolute Gasteiger partial charge is 0.369 e. The Labute approximate surface area is 132 Å². The van der Waals surface area contributed by atoms with Crippen LogP contribution in [-0.2, 0) is 0 Å². The lowest BCUT2D eigenvalue weighted by Crippen LogP contribution is -2.26.